The highest BCUT2D eigenvalue weighted by Gasteiger charge is 2.43. The van der Waals surface area contributed by atoms with Crippen molar-refractivity contribution in [3.05, 3.63) is 42.0 Å². The number of hydrogen-bond donors (Lipinski definition) is 1. The van der Waals surface area contributed by atoms with Crippen LogP contribution < -0.4 is 5.32 Å². The van der Waals surface area contributed by atoms with Crippen molar-refractivity contribution < 1.29 is 9.53 Å². The lowest BCUT2D eigenvalue weighted by molar-refractivity contribution is 0.0899. The number of amides is 1. The maximum absolute atomic E-state index is 12.3. The summed E-state index contributed by atoms with van der Waals surface area (Å²) in [6.45, 7) is 8.57. The molecule has 2 aromatic heterocycles. The molecule has 0 unspecified atom stereocenters. The van der Waals surface area contributed by atoms with Gasteiger partial charge in [0.05, 0.1) is 18.9 Å². The fourth-order valence-corrected chi connectivity index (χ4v) is 4.23. The summed E-state index contributed by atoms with van der Waals surface area (Å²) in [5, 5.41) is 7.52. The third-order valence-corrected chi connectivity index (χ3v) is 5.81. The summed E-state index contributed by atoms with van der Waals surface area (Å²) in [6, 6.07) is 4.12. The molecule has 0 bridgehead atoms. The van der Waals surface area contributed by atoms with E-state index < -0.39 is 0 Å². The molecule has 0 aliphatic carbocycles. The first-order chi connectivity index (χ1) is 13.0. The third kappa shape index (κ3) is 3.80. The zero-order valence-electron chi connectivity index (χ0n) is 16.3. The normalized spacial score (nSPS) is 25.3. The minimum Gasteiger partial charge on any atom is -0.376 e. The molecule has 27 heavy (non-hydrogen) atoms. The fraction of sp³-hybridized carbons (Fsp3) is 0.600. The summed E-state index contributed by atoms with van der Waals surface area (Å²) < 4.78 is 9.88. The van der Waals surface area contributed by atoms with Crippen molar-refractivity contribution in [2.75, 3.05) is 26.2 Å². The van der Waals surface area contributed by atoms with E-state index in [1.165, 1.54) is 5.56 Å². The van der Waals surface area contributed by atoms with Crippen LogP contribution in [0.1, 0.15) is 35.9 Å². The lowest BCUT2D eigenvalue weighted by Gasteiger charge is -2.19. The van der Waals surface area contributed by atoms with E-state index >= 15 is 0 Å². The maximum atomic E-state index is 12.3. The molecule has 4 heterocycles. The van der Waals surface area contributed by atoms with Gasteiger partial charge < -0.3 is 14.6 Å². The fourth-order valence-electron chi connectivity index (χ4n) is 4.23. The Hall–Kier alpha value is -2.12. The van der Waals surface area contributed by atoms with Crippen LogP contribution in [0.4, 0.5) is 0 Å². The molecule has 0 saturated carbocycles. The molecule has 2 aliphatic rings. The Balaban J connectivity index is 1.30. The summed E-state index contributed by atoms with van der Waals surface area (Å²) in [5.41, 5.74) is 1.94. The first kappa shape index (κ1) is 18.3. The topological polar surface area (TPSA) is 64.3 Å². The molecule has 0 radical (unpaired) electrons. The third-order valence-electron chi connectivity index (χ3n) is 5.81. The standard InChI is InChI=1S/C20H29N5O2/c1-14(2)25-10-15(7-22-25)9-24-11-17-16(13-27-19(17)12-24)8-21-20(26)18-5-4-6-23(18)3/h4-7,10,14,16-17,19H,8-9,11-13H2,1-3H3,(H,21,26)/t16-,17-,19-/m1/s1. The SMILES string of the molecule is CC(C)n1cc(CN2C[C@@H]3[C@H](CNC(=O)c4cccn4C)CO[C@@H]3C2)cn1. The predicted molar refractivity (Wildman–Crippen MR) is 102 cm³/mol. The zero-order valence-corrected chi connectivity index (χ0v) is 16.3. The number of carbonyl (C=O) groups is 1. The predicted octanol–water partition coefficient (Wildman–Crippen LogP) is 1.68. The number of nitrogens with zero attached hydrogens (tertiary/aromatic N) is 4. The van der Waals surface area contributed by atoms with Gasteiger partial charge in [-0.3, -0.25) is 14.4 Å². The van der Waals surface area contributed by atoms with Gasteiger partial charge in [0.25, 0.3) is 5.91 Å². The minimum atomic E-state index is -0.0121. The average molecular weight is 371 g/mol. The van der Waals surface area contributed by atoms with E-state index in [9.17, 15) is 4.79 Å². The van der Waals surface area contributed by atoms with Gasteiger partial charge in [0.15, 0.2) is 0 Å². The van der Waals surface area contributed by atoms with Crippen molar-refractivity contribution in [2.24, 2.45) is 18.9 Å². The van der Waals surface area contributed by atoms with Gasteiger partial charge in [0.2, 0.25) is 0 Å². The number of likely N-dealkylation sites (tertiary alicyclic amines) is 1. The molecule has 7 nitrogen and oxygen atoms in total. The van der Waals surface area contributed by atoms with E-state index in [0.29, 0.717) is 30.1 Å². The van der Waals surface area contributed by atoms with Crippen LogP contribution in [-0.4, -0.2) is 57.5 Å². The Labute approximate surface area is 160 Å². The van der Waals surface area contributed by atoms with Gasteiger partial charge in [-0.15, -0.1) is 0 Å². The van der Waals surface area contributed by atoms with E-state index in [2.05, 4.69) is 35.4 Å². The van der Waals surface area contributed by atoms with Crippen molar-refractivity contribution in [1.82, 2.24) is 24.6 Å². The van der Waals surface area contributed by atoms with Crippen molar-refractivity contribution in [1.29, 1.82) is 0 Å². The van der Waals surface area contributed by atoms with Gasteiger partial charge in [0, 0.05) is 69.1 Å². The van der Waals surface area contributed by atoms with E-state index in [4.69, 9.17) is 4.74 Å². The lowest BCUT2D eigenvalue weighted by Crippen LogP contribution is -2.34. The number of aromatic nitrogens is 3. The number of ether oxygens (including phenoxy) is 1. The van der Waals surface area contributed by atoms with Gasteiger partial charge in [-0.1, -0.05) is 0 Å². The van der Waals surface area contributed by atoms with Crippen molar-refractivity contribution in [3.63, 3.8) is 0 Å². The smallest absolute Gasteiger partial charge is 0.267 e. The summed E-state index contributed by atoms with van der Waals surface area (Å²) in [7, 11) is 1.89. The van der Waals surface area contributed by atoms with Gasteiger partial charge in [0.1, 0.15) is 5.69 Å². The van der Waals surface area contributed by atoms with Gasteiger partial charge in [-0.25, -0.2) is 0 Å². The van der Waals surface area contributed by atoms with Crippen molar-refractivity contribution >= 4 is 5.91 Å². The number of hydrogen-bond acceptors (Lipinski definition) is 4. The monoisotopic (exact) mass is 371 g/mol. The molecule has 0 spiro atoms. The largest absolute Gasteiger partial charge is 0.376 e. The molecule has 2 saturated heterocycles. The summed E-state index contributed by atoms with van der Waals surface area (Å²) >= 11 is 0. The van der Waals surface area contributed by atoms with Crippen molar-refractivity contribution in [3.8, 4) is 0 Å². The number of nitrogens with one attached hydrogen (secondary N) is 1. The van der Waals surface area contributed by atoms with Crippen LogP contribution in [0.15, 0.2) is 30.7 Å². The Bertz CT molecular complexity index is 796. The Morgan fingerprint density at radius 2 is 2.26 bits per heavy atom. The van der Waals surface area contributed by atoms with Crippen LogP contribution in [0.2, 0.25) is 0 Å². The lowest BCUT2D eigenvalue weighted by atomic mass is 9.93. The van der Waals surface area contributed by atoms with E-state index in [0.717, 1.165) is 26.2 Å². The Kier molecular flexibility index (Phi) is 5.06. The summed E-state index contributed by atoms with van der Waals surface area (Å²) in [4.78, 5) is 14.8. The van der Waals surface area contributed by atoms with Crippen molar-refractivity contribution in [2.45, 2.75) is 32.5 Å². The van der Waals surface area contributed by atoms with Crippen LogP contribution >= 0.6 is 0 Å². The number of fused-ring (bicyclic) bond motifs is 1. The van der Waals surface area contributed by atoms with E-state index in [-0.39, 0.29) is 12.0 Å². The molecule has 0 aromatic carbocycles. The molecule has 146 valence electrons. The molecule has 2 aromatic rings. The van der Waals surface area contributed by atoms with E-state index in [1.807, 2.05) is 40.8 Å². The Morgan fingerprint density at radius 1 is 1.41 bits per heavy atom. The van der Waals surface area contributed by atoms with Crippen LogP contribution in [0.3, 0.4) is 0 Å². The number of rotatable bonds is 6. The maximum Gasteiger partial charge on any atom is 0.267 e. The molecular formula is C20H29N5O2. The first-order valence-corrected chi connectivity index (χ1v) is 9.77. The molecule has 4 rings (SSSR count). The molecule has 2 aliphatic heterocycles. The number of carbonyl (C=O) groups excluding carboxylic acids is 1. The summed E-state index contributed by atoms with van der Waals surface area (Å²) in [6.07, 6.45) is 6.27. The molecule has 2 fully saturated rings. The second-order valence-corrected chi connectivity index (χ2v) is 8.13. The van der Waals surface area contributed by atoms with Gasteiger partial charge in [-0.05, 0) is 26.0 Å². The molecular weight excluding hydrogens is 342 g/mol. The summed E-state index contributed by atoms with van der Waals surface area (Å²) in [5.74, 6) is 0.850. The van der Waals surface area contributed by atoms with Crippen LogP contribution in [0.5, 0.6) is 0 Å². The van der Waals surface area contributed by atoms with E-state index in [1.54, 1.807) is 0 Å². The zero-order chi connectivity index (χ0) is 19.0. The quantitative estimate of drug-likeness (QED) is 0.839. The average Bonchev–Trinajstić information content (AvgIpc) is 3.38. The second kappa shape index (κ2) is 7.48. The molecule has 7 heteroatoms. The number of aryl methyl sites for hydroxylation is 1. The second-order valence-electron chi connectivity index (χ2n) is 8.13. The highest BCUT2D eigenvalue weighted by molar-refractivity contribution is 5.92. The van der Waals surface area contributed by atoms with Crippen LogP contribution in [-0.2, 0) is 18.3 Å². The highest BCUT2D eigenvalue weighted by Crippen LogP contribution is 2.34. The van der Waals surface area contributed by atoms with Gasteiger partial charge in [-0.2, -0.15) is 5.10 Å². The Morgan fingerprint density at radius 3 is 2.96 bits per heavy atom. The minimum absolute atomic E-state index is 0.0121. The molecule has 1 amide bonds. The van der Waals surface area contributed by atoms with Crippen LogP contribution in [0.25, 0.3) is 0 Å². The molecule has 1 N–H and O–H groups in total. The van der Waals surface area contributed by atoms with Gasteiger partial charge >= 0.3 is 0 Å². The van der Waals surface area contributed by atoms with Crippen LogP contribution in [0, 0.1) is 11.8 Å². The molecule has 3 atom stereocenters. The highest BCUT2D eigenvalue weighted by atomic mass is 16.5. The first-order valence-electron chi connectivity index (χ1n) is 9.77.